The van der Waals surface area contributed by atoms with Crippen molar-refractivity contribution in [3.63, 3.8) is 0 Å². The van der Waals surface area contributed by atoms with E-state index in [0.29, 0.717) is 43.1 Å². The first-order chi connectivity index (χ1) is 16.4. The van der Waals surface area contributed by atoms with Crippen molar-refractivity contribution in [2.24, 2.45) is 0 Å². The summed E-state index contributed by atoms with van der Waals surface area (Å²) >= 11 is 0. The minimum atomic E-state index is -4.74. The Morgan fingerprint density at radius 3 is 2.35 bits per heavy atom. The lowest BCUT2D eigenvalue weighted by atomic mass is 10.0. The summed E-state index contributed by atoms with van der Waals surface area (Å²) in [6, 6.07) is 15.3. The maximum atomic E-state index is 13.7. The van der Waals surface area contributed by atoms with Crippen molar-refractivity contribution >= 4 is 5.91 Å². The van der Waals surface area contributed by atoms with Crippen LogP contribution in [-0.2, 0) is 10.9 Å². The Balaban J connectivity index is 1.46. The number of alkyl halides is 3. The first-order valence-electron chi connectivity index (χ1n) is 10.6. The van der Waals surface area contributed by atoms with E-state index in [1.807, 2.05) is 0 Å². The summed E-state index contributed by atoms with van der Waals surface area (Å²) in [5.41, 5.74) is 1.55. The normalized spacial score (nSPS) is 14.4. The number of hydrogen-bond acceptors (Lipinski definition) is 5. The first kappa shape index (κ1) is 21.9. The average molecular weight is 468 g/mol. The van der Waals surface area contributed by atoms with Gasteiger partial charge >= 0.3 is 6.18 Å². The van der Waals surface area contributed by atoms with Crippen LogP contribution in [0.5, 0.6) is 0 Å². The van der Waals surface area contributed by atoms with E-state index < -0.39 is 11.9 Å². The summed E-state index contributed by atoms with van der Waals surface area (Å²) in [5.74, 6) is -1.30. The molecular weight excluding hydrogens is 449 g/mol. The largest absolute Gasteiger partial charge is 0.453 e. The van der Waals surface area contributed by atoms with Crippen LogP contribution in [0, 0.1) is 0 Å². The summed E-state index contributed by atoms with van der Waals surface area (Å²) in [7, 11) is 0. The Bertz CT molecular complexity index is 1290. The van der Waals surface area contributed by atoms with E-state index in [-0.39, 0.29) is 22.9 Å². The molecule has 0 bridgehead atoms. The van der Waals surface area contributed by atoms with Crippen molar-refractivity contribution < 1.29 is 27.2 Å². The fraction of sp³-hybridized carbons (Fsp3) is 0.208. The van der Waals surface area contributed by atoms with Crippen LogP contribution < -0.4 is 0 Å². The number of carbonyl (C=O) groups excluding carboxylic acids is 1. The molecule has 1 aliphatic rings. The molecular formula is C24H19F3N4O3. The van der Waals surface area contributed by atoms with Gasteiger partial charge in [-0.2, -0.15) is 13.2 Å². The van der Waals surface area contributed by atoms with Crippen LogP contribution in [0.1, 0.15) is 16.1 Å². The second-order valence-electron chi connectivity index (χ2n) is 7.72. The van der Waals surface area contributed by atoms with E-state index in [1.54, 1.807) is 64.1 Å². The molecule has 0 radical (unpaired) electrons. The molecule has 1 aliphatic heterocycles. The van der Waals surface area contributed by atoms with E-state index in [2.05, 4.69) is 10.1 Å². The Hall–Kier alpha value is -3.92. The zero-order valence-electron chi connectivity index (χ0n) is 17.8. The van der Waals surface area contributed by atoms with Crippen molar-refractivity contribution in [2.45, 2.75) is 6.18 Å². The summed E-state index contributed by atoms with van der Waals surface area (Å²) in [6.07, 6.45) is -1.84. The number of morpholine rings is 1. The zero-order valence-corrected chi connectivity index (χ0v) is 17.8. The second kappa shape index (κ2) is 8.79. The molecule has 7 nitrogen and oxygen atoms in total. The number of aromatic nitrogens is 3. The van der Waals surface area contributed by atoms with E-state index in [4.69, 9.17) is 9.26 Å². The van der Waals surface area contributed by atoms with Crippen LogP contribution in [0.3, 0.4) is 0 Å². The smallest absolute Gasteiger partial charge is 0.378 e. The first-order valence-corrected chi connectivity index (χ1v) is 10.6. The highest BCUT2D eigenvalue weighted by Gasteiger charge is 2.41. The van der Waals surface area contributed by atoms with Crippen molar-refractivity contribution in [3.8, 4) is 28.2 Å². The van der Waals surface area contributed by atoms with Gasteiger partial charge < -0.3 is 18.7 Å². The van der Waals surface area contributed by atoms with Gasteiger partial charge in [0.05, 0.1) is 30.8 Å². The lowest BCUT2D eigenvalue weighted by Gasteiger charge is -2.26. The molecule has 0 unspecified atom stereocenters. The van der Waals surface area contributed by atoms with Crippen LogP contribution in [0.2, 0.25) is 0 Å². The Morgan fingerprint density at radius 2 is 1.68 bits per heavy atom. The Labute approximate surface area is 192 Å². The standard InChI is InChI=1S/C24H19F3N4O3/c25-24(26,27)22-20(21(29-34-22)16-4-2-1-3-5-16)19-14-31(15-28-19)18-8-6-17(7-9-18)23(32)30-10-12-33-13-11-30/h1-9,14-15H,10-13H2. The van der Waals surface area contributed by atoms with Crippen LogP contribution >= 0.6 is 0 Å². The highest BCUT2D eigenvalue weighted by Crippen LogP contribution is 2.42. The number of amides is 1. The van der Waals surface area contributed by atoms with Gasteiger partial charge in [0, 0.05) is 36.1 Å². The van der Waals surface area contributed by atoms with Gasteiger partial charge in [-0.05, 0) is 24.3 Å². The number of nitrogens with zero attached hydrogens (tertiary/aromatic N) is 4. The van der Waals surface area contributed by atoms with E-state index in [0.717, 1.165) is 0 Å². The lowest BCUT2D eigenvalue weighted by molar-refractivity contribution is -0.154. The summed E-state index contributed by atoms with van der Waals surface area (Å²) in [6.45, 7) is 2.09. The van der Waals surface area contributed by atoms with E-state index in [1.165, 1.54) is 12.5 Å². The summed E-state index contributed by atoms with van der Waals surface area (Å²) < 4.78 is 52.5. The van der Waals surface area contributed by atoms with Gasteiger partial charge in [-0.1, -0.05) is 35.5 Å². The Kier molecular flexibility index (Phi) is 5.66. The minimum Gasteiger partial charge on any atom is -0.378 e. The van der Waals surface area contributed by atoms with E-state index in [9.17, 15) is 18.0 Å². The highest BCUT2D eigenvalue weighted by molar-refractivity contribution is 5.94. The van der Waals surface area contributed by atoms with Gasteiger partial charge in [-0.3, -0.25) is 4.79 Å². The number of rotatable bonds is 4. The molecule has 1 amide bonds. The number of halogens is 3. The summed E-state index contributed by atoms with van der Waals surface area (Å²) in [5, 5.41) is 3.69. The molecule has 0 atom stereocenters. The Morgan fingerprint density at radius 1 is 0.971 bits per heavy atom. The van der Waals surface area contributed by atoms with Gasteiger partial charge in [-0.25, -0.2) is 4.98 Å². The molecule has 0 saturated carbocycles. The molecule has 174 valence electrons. The van der Waals surface area contributed by atoms with Crippen LogP contribution in [0.25, 0.3) is 28.2 Å². The number of hydrogen-bond donors (Lipinski definition) is 0. The van der Waals surface area contributed by atoms with E-state index >= 15 is 0 Å². The molecule has 1 fully saturated rings. The molecule has 34 heavy (non-hydrogen) atoms. The number of imidazole rings is 1. The lowest BCUT2D eigenvalue weighted by Crippen LogP contribution is -2.40. The van der Waals surface area contributed by atoms with Gasteiger partial charge in [0.1, 0.15) is 5.69 Å². The van der Waals surface area contributed by atoms with Gasteiger partial charge in [0.2, 0.25) is 5.76 Å². The number of ether oxygens (including phenoxy) is 1. The van der Waals surface area contributed by atoms with Gasteiger partial charge in [0.15, 0.2) is 0 Å². The van der Waals surface area contributed by atoms with Crippen LogP contribution in [-0.4, -0.2) is 51.8 Å². The van der Waals surface area contributed by atoms with Crippen LogP contribution in [0.4, 0.5) is 13.2 Å². The van der Waals surface area contributed by atoms with Crippen LogP contribution in [0.15, 0.2) is 71.6 Å². The molecule has 0 aliphatic carbocycles. The summed E-state index contributed by atoms with van der Waals surface area (Å²) in [4.78, 5) is 18.6. The number of benzene rings is 2. The zero-order chi connectivity index (χ0) is 23.7. The predicted octanol–water partition coefficient (Wildman–Crippen LogP) is 4.69. The molecule has 0 N–H and O–H groups in total. The second-order valence-corrected chi connectivity index (χ2v) is 7.72. The maximum Gasteiger partial charge on any atom is 0.453 e. The average Bonchev–Trinajstić information content (AvgIpc) is 3.52. The van der Waals surface area contributed by atoms with Crippen molar-refractivity contribution in [2.75, 3.05) is 26.3 Å². The molecule has 1 saturated heterocycles. The third kappa shape index (κ3) is 4.19. The predicted molar refractivity (Wildman–Crippen MR) is 116 cm³/mol. The fourth-order valence-corrected chi connectivity index (χ4v) is 3.83. The molecule has 3 heterocycles. The monoisotopic (exact) mass is 468 g/mol. The van der Waals surface area contributed by atoms with Crippen molar-refractivity contribution in [1.29, 1.82) is 0 Å². The SMILES string of the molecule is O=C(c1ccc(-n2cnc(-c3c(-c4ccccc4)noc3C(F)(F)F)c2)cc1)N1CCOCC1. The third-order valence-corrected chi connectivity index (χ3v) is 5.55. The fourth-order valence-electron chi connectivity index (χ4n) is 3.83. The third-order valence-electron chi connectivity index (χ3n) is 5.55. The van der Waals surface area contributed by atoms with Gasteiger partial charge in [-0.15, -0.1) is 0 Å². The molecule has 10 heteroatoms. The molecule has 2 aromatic heterocycles. The molecule has 2 aromatic carbocycles. The maximum absolute atomic E-state index is 13.7. The molecule has 0 spiro atoms. The van der Waals surface area contributed by atoms with Crippen molar-refractivity contribution in [3.05, 3.63) is 78.4 Å². The van der Waals surface area contributed by atoms with Gasteiger partial charge in [0.25, 0.3) is 5.91 Å². The highest BCUT2D eigenvalue weighted by atomic mass is 19.4. The quantitative estimate of drug-likeness (QED) is 0.435. The van der Waals surface area contributed by atoms with Crippen molar-refractivity contribution in [1.82, 2.24) is 19.6 Å². The molecule has 4 aromatic rings. The minimum absolute atomic E-state index is 0.0598. The molecule has 5 rings (SSSR count). The topological polar surface area (TPSA) is 73.4 Å². The number of carbonyl (C=O) groups is 1.